The van der Waals surface area contributed by atoms with Gasteiger partial charge in [-0.15, -0.1) is 0 Å². The molecule has 0 aromatic rings. The topological polar surface area (TPSA) is 26.3 Å². The Balaban J connectivity index is 1.51. The lowest BCUT2D eigenvalue weighted by Crippen LogP contribution is -2.27. The number of rotatable bonds is 5. The van der Waals surface area contributed by atoms with Crippen molar-refractivity contribution >= 4 is 5.97 Å². The van der Waals surface area contributed by atoms with Gasteiger partial charge < -0.3 is 4.74 Å². The molecule has 0 aromatic heterocycles. The van der Waals surface area contributed by atoms with E-state index >= 15 is 0 Å². The average molecular weight is 292 g/mol. The van der Waals surface area contributed by atoms with Gasteiger partial charge in [0.2, 0.25) is 0 Å². The van der Waals surface area contributed by atoms with Crippen molar-refractivity contribution < 1.29 is 9.53 Å². The highest BCUT2D eigenvalue weighted by Gasteiger charge is 2.61. The molecule has 0 aromatic carbocycles. The molecule has 21 heavy (non-hydrogen) atoms. The van der Waals surface area contributed by atoms with Gasteiger partial charge in [-0.05, 0) is 36.5 Å². The van der Waals surface area contributed by atoms with Crippen LogP contribution >= 0.6 is 0 Å². The van der Waals surface area contributed by atoms with E-state index in [4.69, 9.17) is 4.74 Å². The molecule has 0 spiro atoms. The van der Waals surface area contributed by atoms with Gasteiger partial charge in [-0.25, -0.2) is 0 Å². The van der Waals surface area contributed by atoms with E-state index in [0.29, 0.717) is 12.5 Å². The lowest BCUT2D eigenvalue weighted by Gasteiger charge is -2.29. The summed E-state index contributed by atoms with van der Waals surface area (Å²) in [5, 5.41) is 0. The third-order valence-electron chi connectivity index (χ3n) is 7.16. The van der Waals surface area contributed by atoms with Crippen molar-refractivity contribution in [2.24, 2.45) is 35.0 Å². The van der Waals surface area contributed by atoms with Gasteiger partial charge >= 0.3 is 5.97 Å². The van der Waals surface area contributed by atoms with Crippen molar-refractivity contribution in [2.45, 2.75) is 72.1 Å². The quantitative estimate of drug-likeness (QED) is 0.679. The molecular formula is C19H32O2. The average Bonchev–Trinajstić information content (AvgIpc) is 2.97. The number of hydrogen-bond donors (Lipinski definition) is 0. The lowest BCUT2D eigenvalue weighted by atomic mass is 9.77. The molecule has 3 rings (SSSR count). The number of carbonyl (C=O) groups excluding carboxylic acids is 1. The Hall–Kier alpha value is -0.530. The van der Waals surface area contributed by atoms with Crippen LogP contribution in [0.15, 0.2) is 0 Å². The van der Waals surface area contributed by atoms with Crippen LogP contribution in [0.25, 0.3) is 0 Å². The normalized spacial score (nSPS) is 38.6. The highest BCUT2D eigenvalue weighted by Crippen LogP contribution is 2.64. The first-order valence-corrected chi connectivity index (χ1v) is 9.20. The molecule has 0 aliphatic heterocycles. The maximum absolute atomic E-state index is 12.0. The maximum Gasteiger partial charge on any atom is 0.308 e. The predicted octanol–water partition coefficient (Wildman–Crippen LogP) is 4.82. The summed E-state index contributed by atoms with van der Waals surface area (Å²) >= 11 is 0. The third-order valence-corrected chi connectivity index (χ3v) is 7.16. The minimum absolute atomic E-state index is 0.0747. The molecule has 4 atom stereocenters. The van der Waals surface area contributed by atoms with Crippen LogP contribution in [0, 0.1) is 35.0 Å². The van der Waals surface area contributed by atoms with Gasteiger partial charge in [-0.3, -0.25) is 4.79 Å². The molecule has 120 valence electrons. The highest BCUT2D eigenvalue weighted by molar-refractivity contribution is 5.73. The van der Waals surface area contributed by atoms with Gasteiger partial charge in [0.25, 0.3) is 0 Å². The fraction of sp³-hybridized carbons (Fsp3) is 0.947. The zero-order chi connectivity index (χ0) is 15.0. The highest BCUT2D eigenvalue weighted by atomic mass is 16.5. The molecule has 2 nitrogen and oxygen atoms in total. The number of hydrogen-bond acceptors (Lipinski definition) is 2. The summed E-state index contributed by atoms with van der Waals surface area (Å²) in [7, 11) is 0. The van der Waals surface area contributed by atoms with Gasteiger partial charge in [0.1, 0.15) is 0 Å². The summed E-state index contributed by atoms with van der Waals surface area (Å²) in [6.07, 6.45) is 10.4. The van der Waals surface area contributed by atoms with Crippen molar-refractivity contribution in [3.63, 3.8) is 0 Å². The minimum Gasteiger partial charge on any atom is -0.465 e. The van der Waals surface area contributed by atoms with Crippen LogP contribution in [0.5, 0.6) is 0 Å². The first-order valence-electron chi connectivity index (χ1n) is 9.20. The van der Waals surface area contributed by atoms with Crippen LogP contribution in [-0.2, 0) is 9.53 Å². The lowest BCUT2D eigenvalue weighted by molar-refractivity contribution is -0.153. The maximum atomic E-state index is 12.0. The monoisotopic (exact) mass is 292 g/mol. The molecule has 0 bridgehead atoms. The molecule has 3 aliphatic carbocycles. The molecule has 0 amide bonds. The van der Waals surface area contributed by atoms with Crippen LogP contribution in [0.2, 0.25) is 0 Å². The number of ether oxygens (including phenoxy) is 1. The van der Waals surface area contributed by atoms with Crippen molar-refractivity contribution in [1.29, 1.82) is 0 Å². The first-order chi connectivity index (χ1) is 10.0. The largest absolute Gasteiger partial charge is 0.465 e. The Morgan fingerprint density at radius 1 is 1.14 bits per heavy atom. The van der Waals surface area contributed by atoms with Crippen LogP contribution in [0.4, 0.5) is 0 Å². The molecule has 0 saturated heterocycles. The van der Waals surface area contributed by atoms with Crippen LogP contribution < -0.4 is 0 Å². The van der Waals surface area contributed by atoms with Crippen LogP contribution in [0.1, 0.15) is 72.1 Å². The third kappa shape index (κ3) is 2.87. The van der Waals surface area contributed by atoms with Crippen molar-refractivity contribution in [2.75, 3.05) is 6.61 Å². The summed E-state index contributed by atoms with van der Waals surface area (Å²) in [5.74, 6) is 3.48. The summed E-state index contributed by atoms with van der Waals surface area (Å²) in [6.45, 7) is 7.82. The summed E-state index contributed by atoms with van der Waals surface area (Å²) in [4.78, 5) is 12.0. The molecule has 0 N–H and O–H groups in total. The van der Waals surface area contributed by atoms with E-state index in [9.17, 15) is 4.79 Å². The molecule has 0 heterocycles. The molecule has 3 fully saturated rings. The molecule has 3 unspecified atom stereocenters. The zero-order valence-corrected chi connectivity index (χ0v) is 14.1. The van der Waals surface area contributed by atoms with E-state index in [1.165, 1.54) is 38.5 Å². The second-order valence-corrected chi connectivity index (χ2v) is 8.31. The SMILES string of the molecule is CC1C([C@@H](C)C2CCCCC2)C1(C)COC(=O)C1CCC1. The van der Waals surface area contributed by atoms with E-state index in [2.05, 4.69) is 20.8 Å². The van der Waals surface area contributed by atoms with Gasteiger partial charge in [-0.2, -0.15) is 0 Å². The summed E-state index contributed by atoms with van der Waals surface area (Å²) in [5.41, 5.74) is 0.246. The van der Waals surface area contributed by atoms with E-state index in [0.717, 1.165) is 30.6 Å². The first kappa shape index (κ1) is 15.4. The second kappa shape index (κ2) is 5.93. The fourth-order valence-electron chi connectivity index (χ4n) is 5.06. The minimum atomic E-state index is 0.0747. The van der Waals surface area contributed by atoms with Crippen molar-refractivity contribution in [3.8, 4) is 0 Å². The molecule has 0 radical (unpaired) electrons. The van der Waals surface area contributed by atoms with E-state index in [1.807, 2.05) is 0 Å². The van der Waals surface area contributed by atoms with Crippen LogP contribution in [-0.4, -0.2) is 12.6 Å². The summed E-state index contributed by atoms with van der Waals surface area (Å²) < 4.78 is 5.67. The Labute approximate surface area is 130 Å². The second-order valence-electron chi connectivity index (χ2n) is 8.31. The van der Waals surface area contributed by atoms with Gasteiger partial charge in [-0.1, -0.05) is 59.3 Å². The van der Waals surface area contributed by atoms with Gasteiger partial charge in [0, 0.05) is 5.41 Å². The predicted molar refractivity (Wildman–Crippen MR) is 84.8 cm³/mol. The van der Waals surface area contributed by atoms with E-state index < -0.39 is 0 Å². The standard InChI is InChI=1S/C19H32O2/c1-13(15-8-5-4-6-9-15)17-14(2)19(17,3)12-21-18(20)16-10-7-11-16/h13-17H,4-12H2,1-3H3/t13-,14?,17?,19?/m0/s1. The van der Waals surface area contributed by atoms with Crippen LogP contribution in [0.3, 0.4) is 0 Å². The van der Waals surface area contributed by atoms with E-state index in [-0.39, 0.29) is 17.3 Å². The number of esters is 1. The Morgan fingerprint density at radius 3 is 2.38 bits per heavy atom. The van der Waals surface area contributed by atoms with Gasteiger partial charge in [0.05, 0.1) is 12.5 Å². The Kier molecular flexibility index (Phi) is 4.34. The molecule has 3 aliphatic rings. The van der Waals surface area contributed by atoms with Gasteiger partial charge in [0.15, 0.2) is 0 Å². The zero-order valence-electron chi connectivity index (χ0n) is 14.1. The molecular weight excluding hydrogens is 260 g/mol. The smallest absolute Gasteiger partial charge is 0.308 e. The Bertz CT molecular complexity index is 381. The molecule has 2 heteroatoms. The molecule has 3 saturated carbocycles. The fourth-order valence-corrected chi connectivity index (χ4v) is 5.06. The van der Waals surface area contributed by atoms with E-state index in [1.54, 1.807) is 0 Å². The van der Waals surface area contributed by atoms with Crippen molar-refractivity contribution in [1.82, 2.24) is 0 Å². The Morgan fingerprint density at radius 2 is 1.81 bits per heavy atom. The summed E-state index contributed by atoms with van der Waals surface area (Å²) in [6, 6.07) is 0. The number of carbonyl (C=O) groups is 1. The van der Waals surface area contributed by atoms with Crippen molar-refractivity contribution in [3.05, 3.63) is 0 Å².